The summed E-state index contributed by atoms with van der Waals surface area (Å²) >= 11 is 5.68. The number of nitrogens with one attached hydrogen (secondary N) is 1. The number of aromatic nitrogens is 2. The van der Waals surface area contributed by atoms with Crippen LogP contribution in [0.3, 0.4) is 0 Å². The summed E-state index contributed by atoms with van der Waals surface area (Å²) in [4.78, 5) is 7.73. The minimum atomic E-state index is 0.453. The molecule has 0 unspecified atom stereocenters. The molecule has 1 heterocycles. The number of H-pyrrole nitrogens is 1. The Hall–Kier alpha value is -2.83. The Morgan fingerprint density at radius 2 is 1.97 bits per heavy atom. The van der Waals surface area contributed by atoms with Gasteiger partial charge in [-0.1, -0.05) is 34.1 Å². The van der Waals surface area contributed by atoms with Crippen molar-refractivity contribution in [1.29, 1.82) is 5.26 Å². The third kappa shape index (κ3) is 5.09. The van der Waals surface area contributed by atoms with Crippen LogP contribution in [0.15, 0.2) is 65.1 Å². The van der Waals surface area contributed by atoms with Crippen molar-refractivity contribution in [3.63, 3.8) is 0 Å². The molecule has 1 N–H and O–H groups in total. The number of ether oxygens (including phenoxy) is 2. The number of hydrogen-bond donors (Lipinski definition) is 1. The third-order valence-electron chi connectivity index (χ3n) is 4.64. The number of methoxy groups -OCH3 is 1. The van der Waals surface area contributed by atoms with Crippen LogP contribution in [0.25, 0.3) is 22.7 Å². The van der Waals surface area contributed by atoms with Crippen molar-refractivity contribution in [2.75, 3.05) is 7.11 Å². The summed E-state index contributed by atoms with van der Waals surface area (Å²) in [6.45, 7) is 0.490. The Morgan fingerprint density at radius 3 is 2.68 bits per heavy atom. The van der Waals surface area contributed by atoms with E-state index in [4.69, 9.17) is 9.47 Å². The van der Waals surface area contributed by atoms with Crippen molar-refractivity contribution in [3.8, 4) is 17.6 Å². The lowest BCUT2D eigenvalue weighted by atomic mass is 10.1. The fraction of sp³-hybridized carbons (Fsp3) is 0.0833. The van der Waals surface area contributed by atoms with Gasteiger partial charge in [0.25, 0.3) is 0 Å². The summed E-state index contributed by atoms with van der Waals surface area (Å²) in [5.74, 6) is 2.06. The second-order valence-corrected chi connectivity index (χ2v) is 8.82. The predicted octanol–water partition coefficient (Wildman–Crippen LogP) is 6.58. The highest BCUT2D eigenvalue weighted by molar-refractivity contribution is 14.1. The lowest BCUT2D eigenvalue weighted by Gasteiger charge is -2.09. The second-order valence-electron chi connectivity index (χ2n) is 6.74. The Kier molecular flexibility index (Phi) is 6.59. The number of allylic oxidation sites excluding steroid dienone is 1. The third-order valence-corrected chi connectivity index (χ3v) is 6.01. The van der Waals surface area contributed by atoms with E-state index in [-0.39, 0.29) is 0 Å². The molecule has 0 amide bonds. The van der Waals surface area contributed by atoms with Crippen LogP contribution in [0.1, 0.15) is 17.0 Å². The molecule has 0 saturated carbocycles. The van der Waals surface area contributed by atoms with Gasteiger partial charge in [-0.2, -0.15) is 5.26 Å². The first-order valence-electron chi connectivity index (χ1n) is 9.38. The molecule has 0 aliphatic rings. The van der Waals surface area contributed by atoms with Gasteiger partial charge >= 0.3 is 0 Å². The summed E-state index contributed by atoms with van der Waals surface area (Å²) < 4.78 is 13.2. The first-order chi connectivity index (χ1) is 15.1. The maximum Gasteiger partial charge on any atom is 0.149 e. The van der Waals surface area contributed by atoms with Crippen molar-refractivity contribution < 1.29 is 9.47 Å². The number of halogens is 2. The molecule has 0 atom stereocenters. The van der Waals surface area contributed by atoms with Crippen molar-refractivity contribution in [2.45, 2.75) is 6.61 Å². The molecule has 1 aromatic heterocycles. The van der Waals surface area contributed by atoms with Gasteiger partial charge in [0.05, 0.1) is 27.3 Å². The smallest absolute Gasteiger partial charge is 0.149 e. The number of rotatable bonds is 6. The number of nitrogens with zero attached hydrogens (tertiary/aromatic N) is 2. The predicted molar refractivity (Wildman–Crippen MR) is 134 cm³/mol. The molecule has 0 bridgehead atoms. The van der Waals surface area contributed by atoms with Crippen molar-refractivity contribution in [3.05, 3.63) is 85.7 Å². The van der Waals surface area contributed by atoms with Crippen molar-refractivity contribution >= 4 is 61.2 Å². The van der Waals surface area contributed by atoms with E-state index >= 15 is 0 Å². The summed E-state index contributed by atoms with van der Waals surface area (Å²) in [5, 5.41) is 9.69. The molecule has 5 nitrogen and oxygen atoms in total. The summed E-state index contributed by atoms with van der Waals surface area (Å²) in [7, 11) is 1.62. The van der Waals surface area contributed by atoms with E-state index in [0.29, 0.717) is 18.0 Å². The summed E-state index contributed by atoms with van der Waals surface area (Å²) in [5.41, 5.74) is 4.05. The number of fused-ring (bicyclic) bond motifs is 1. The van der Waals surface area contributed by atoms with Gasteiger partial charge in [-0.25, -0.2) is 4.98 Å². The highest BCUT2D eigenvalue weighted by Crippen LogP contribution is 2.27. The van der Waals surface area contributed by atoms with E-state index < -0.39 is 0 Å². The number of aromatic amines is 1. The van der Waals surface area contributed by atoms with Gasteiger partial charge in [-0.3, -0.25) is 0 Å². The van der Waals surface area contributed by atoms with Crippen LogP contribution in [0, 0.1) is 14.9 Å². The quantitative estimate of drug-likeness (QED) is 0.205. The molecule has 0 fully saturated rings. The minimum Gasteiger partial charge on any atom is -0.497 e. The highest BCUT2D eigenvalue weighted by Gasteiger charge is 2.10. The van der Waals surface area contributed by atoms with Gasteiger partial charge < -0.3 is 14.5 Å². The van der Waals surface area contributed by atoms with Gasteiger partial charge in [-0.15, -0.1) is 0 Å². The number of hydrogen-bond acceptors (Lipinski definition) is 4. The number of benzene rings is 3. The van der Waals surface area contributed by atoms with Gasteiger partial charge in [0.2, 0.25) is 0 Å². The van der Waals surface area contributed by atoms with Crippen molar-refractivity contribution in [2.24, 2.45) is 0 Å². The lowest BCUT2D eigenvalue weighted by molar-refractivity contribution is 0.304. The maximum atomic E-state index is 9.69. The van der Waals surface area contributed by atoms with Crippen LogP contribution < -0.4 is 9.47 Å². The summed E-state index contributed by atoms with van der Waals surface area (Å²) in [6, 6.07) is 21.7. The monoisotopic (exact) mass is 585 g/mol. The van der Waals surface area contributed by atoms with E-state index in [1.165, 1.54) is 0 Å². The van der Waals surface area contributed by atoms with Crippen LogP contribution in [-0.2, 0) is 6.61 Å². The lowest BCUT2D eigenvalue weighted by Crippen LogP contribution is -1.97. The molecule has 31 heavy (non-hydrogen) atoms. The molecule has 0 saturated heterocycles. The first-order valence-corrected chi connectivity index (χ1v) is 11.3. The zero-order valence-electron chi connectivity index (χ0n) is 16.5. The molecule has 0 aliphatic heterocycles. The van der Waals surface area contributed by atoms with Crippen LogP contribution >= 0.6 is 38.5 Å². The Balaban J connectivity index is 1.55. The molecule has 154 valence electrons. The van der Waals surface area contributed by atoms with Gasteiger partial charge in [0.15, 0.2) is 0 Å². The van der Waals surface area contributed by atoms with E-state index in [9.17, 15) is 5.26 Å². The van der Waals surface area contributed by atoms with Gasteiger partial charge in [0, 0.05) is 10.5 Å². The van der Waals surface area contributed by atoms with Gasteiger partial charge in [-0.05, 0) is 76.2 Å². The summed E-state index contributed by atoms with van der Waals surface area (Å²) in [6.07, 6.45) is 1.82. The zero-order valence-corrected chi connectivity index (χ0v) is 20.3. The molecule has 3 aromatic carbocycles. The van der Waals surface area contributed by atoms with Crippen LogP contribution in [0.5, 0.6) is 11.5 Å². The fourth-order valence-electron chi connectivity index (χ4n) is 3.03. The topological polar surface area (TPSA) is 70.9 Å². The molecule has 0 spiro atoms. The van der Waals surface area contributed by atoms with E-state index in [2.05, 4.69) is 54.6 Å². The molecule has 0 aliphatic carbocycles. The number of imidazole rings is 1. The number of nitriles is 1. The molecule has 0 radical (unpaired) electrons. The van der Waals surface area contributed by atoms with Crippen LogP contribution in [0.4, 0.5) is 0 Å². The van der Waals surface area contributed by atoms with E-state index in [1.54, 1.807) is 7.11 Å². The molecule has 4 aromatic rings. The second kappa shape index (κ2) is 9.54. The fourth-order valence-corrected chi connectivity index (χ4v) is 3.99. The standard InChI is InChI=1S/C24H17BrIN3O2/c1-30-19-7-8-21-22(12-19)29-24(28-21)17(13-27)10-16-4-9-23(20(26)11-16)31-14-15-2-5-18(25)6-3-15/h2-12H,14H2,1H3,(H,28,29)/b17-10-. The first kappa shape index (κ1) is 21.4. The highest BCUT2D eigenvalue weighted by atomic mass is 127. The normalized spacial score (nSPS) is 11.4. The van der Waals surface area contributed by atoms with Crippen LogP contribution in [-0.4, -0.2) is 17.1 Å². The molecule has 7 heteroatoms. The molecule has 4 rings (SSSR count). The van der Waals surface area contributed by atoms with Crippen molar-refractivity contribution in [1.82, 2.24) is 9.97 Å². The van der Waals surface area contributed by atoms with Gasteiger partial charge in [0.1, 0.15) is 30.0 Å². The average molecular weight is 586 g/mol. The Labute approximate surface area is 202 Å². The van der Waals surface area contributed by atoms with E-state index in [0.717, 1.165) is 41.7 Å². The Morgan fingerprint density at radius 1 is 1.16 bits per heavy atom. The molecular weight excluding hydrogens is 569 g/mol. The van der Waals surface area contributed by atoms with E-state index in [1.807, 2.05) is 66.7 Å². The average Bonchev–Trinajstić information content (AvgIpc) is 3.21. The van der Waals surface area contributed by atoms with Crippen LogP contribution in [0.2, 0.25) is 0 Å². The maximum absolute atomic E-state index is 9.69. The minimum absolute atomic E-state index is 0.453. The largest absolute Gasteiger partial charge is 0.497 e. The Bertz CT molecular complexity index is 1310. The molecular formula is C24H17BrIN3O2. The SMILES string of the molecule is COc1ccc2nc(/C(C#N)=C\c3ccc(OCc4ccc(Br)cc4)c(I)c3)[nH]c2c1. The zero-order chi connectivity index (χ0) is 21.8.